The fourth-order valence-corrected chi connectivity index (χ4v) is 2.35. The van der Waals surface area contributed by atoms with Crippen LogP contribution < -0.4 is 15.4 Å². The topological polar surface area (TPSA) is 38.5 Å². The number of hydrogen-bond donors (Lipinski definition) is 1. The Morgan fingerprint density at radius 1 is 1.16 bits per heavy atom. The standard InChI is InChI=1S/C15H15FN2O/c16-11-8-12(17)10-13(9-11)18-6-3-7-19-15-5-2-1-4-14(15)18/h1-2,4-5,8-10H,3,6-7,17H2. The first-order chi connectivity index (χ1) is 9.24. The highest BCUT2D eigenvalue weighted by Crippen LogP contribution is 2.36. The Morgan fingerprint density at radius 3 is 2.84 bits per heavy atom. The third-order valence-corrected chi connectivity index (χ3v) is 3.16. The summed E-state index contributed by atoms with van der Waals surface area (Å²) in [6.45, 7) is 1.44. The predicted octanol–water partition coefficient (Wildman–Crippen LogP) is 3.33. The Bertz CT molecular complexity index is 580. The molecule has 2 aromatic rings. The molecule has 0 bridgehead atoms. The van der Waals surface area contributed by atoms with Gasteiger partial charge >= 0.3 is 0 Å². The van der Waals surface area contributed by atoms with Crippen LogP contribution in [-0.4, -0.2) is 13.2 Å². The minimum Gasteiger partial charge on any atom is -0.491 e. The number of halogens is 1. The summed E-state index contributed by atoms with van der Waals surface area (Å²) in [4.78, 5) is 2.04. The molecule has 0 fully saturated rings. The van der Waals surface area contributed by atoms with E-state index in [4.69, 9.17) is 10.5 Å². The molecule has 0 aliphatic carbocycles. The van der Waals surface area contributed by atoms with Crippen molar-refractivity contribution in [1.82, 2.24) is 0 Å². The summed E-state index contributed by atoms with van der Waals surface area (Å²) < 4.78 is 19.2. The average Bonchev–Trinajstić information content (AvgIpc) is 2.59. The Kier molecular flexibility index (Phi) is 2.99. The van der Waals surface area contributed by atoms with E-state index in [0.29, 0.717) is 12.3 Å². The second-order valence-electron chi connectivity index (χ2n) is 4.56. The minimum absolute atomic E-state index is 0.322. The van der Waals surface area contributed by atoms with Gasteiger partial charge in [-0.2, -0.15) is 0 Å². The van der Waals surface area contributed by atoms with Crippen molar-refractivity contribution >= 4 is 17.1 Å². The fraction of sp³-hybridized carbons (Fsp3) is 0.200. The van der Waals surface area contributed by atoms with Crippen molar-refractivity contribution in [3.05, 3.63) is 48.3 Å². The van der Waals surface area contributed by atoms with Gasteiger partial charge in [0.15, 0.2) is 0 Å². The van der Waals surface area contributed by atoms with E-state index in [-0.39, 0.29) is 5.82 Å². The van der Waals surface area contributed by atoms with E-state index in [1.807, 2.05) is 29.2 Å². The number of ether oxygens (including phenoxy) is 1. The van der Waals surface area contributed by atoms with Crippen LogP contribution in [0.5, 0.6) is 5.75 Å². The molecule has 0 radical (unpaired) electrons. The van der Waals surface area contributed by atoms with E-state index in [2.05, 4.69) is 0 Å². The third kappa shape index (κ3) is 2.34. The number of nitrogens with two attached hydrogens (primary N) is 1. The van der Waals surface area contributed by atoms with Gasteiger partial charge in [-0.15, -0.1) is 0 Å². The molecule has 19 heavy (non-hydrogen) atoms. The normalized spacial score (nSPS) is 14.5. The zero-order valence-corrected chi connectivity index (χ0v) is 10.5. The number of nitrogens with zero attached hydrogens (tertiary/aromatic N) is 1. The summed E-state index contributed by atoms with van der Waals surface area (Å²) in [6, 6.07) is 12.4. The van der Waals surface area contributed by atoms with Crippen molar-refractivity contribution in [3.8, 4) is 5.75 Å². The van der Waals surface area contributed by atoms with Gasteiger partial charge in [-0.3, -0.25) is 0 Å². The number of nitrogen functional groups attached to an aromatic ring is 1. The van der Waals surface area contributed by atoms with Gasteiger partial charge in [0.05, 0.1) is 12.3 Å². The van der Waals surface area contributed by atoms with Gasteiger partial charge in [0, 0.05) is 17.9 Å². The number of fused-ring (bicyclic) bond motifs is 1. The fourth-order valence-electron chi connectivity index (χ4n) is 2.35. The zero-order valence-electron chi connectivity index (χ0n) is 10.5. The molecular formula is C15H15FN2O. The summed E-state index contributed by atoms with van der Waals surface area (Å²) in [7, 11) is 0. The first-order valence-corrected chi connectivity index (χ1v) is 6.29. The largest absolute Gasteiger partial charge is 0.491 e. The van der Waals surface area contributed by atoms with Crippen LogP contribution in [0.3, 0.4) is 0 Å². The second kappa shape index (κ2) is 4.80. The lowest BCUT2D eigenvalue weighted by Crippen LogP contribution is -2.18. The van der Waals surface area contributed by atoms with Crippen molar-refractivity contribution < 1.29 is 9.13 Å². The van der Waals surface area contributed by atoms with Crippen LogP contribution in [0.1, 0.15) is 6.42 Å². The van der Waals surface area contributed by atoms with Crippen LogP contribution in [0.15, 0.2) is 42.5 Å². The molecule has 0 unspecified atom stereocenters. The van der Waals surface area contributed by atoms with E-state index in [1.165, 1.54) is 12.1 Å². The van der Waals surface area contributed by atoms with Crippen LogP contribution in [0.25, 0.3) is 0 Å². The van der Waals surface area contributed by atoms with Crippen molar-refractivity contribution in [3.63, 3.8) is 0 Å². The van der Waals surface area contributed by atoms with Gasteiger partial charge < -0.3 is 15.4 Å². The lowest BCUT2D eigenvalue weighted by Gasteiger charge is -2.24. The van der Waals surface area contributed by atoms with Crippen LogP contribution in [0.2, 0.25) is 0 Å². The molecule has 0 saturated heterocycles. The van der Waals surface area contributed by atoms with Gasteiger partial charge in [0.2, 0.25) is 0 Å². The molecule has 3 nitrogen and oxygen atoms in total. The van der Waals surface area contributed by atoms with Gasteiger partial charge in [-0.1, -0.05) is 12.1 Å². The molecule has 1 heterocycles. The minimum atomic E-state index is -0.322. The van der Waals surface area contributed by atoms with E-state index >= 15 is 0 Å². The monoisotopic (exact) mass is 258 g/mol. The maximum atomic E-state index is 13.5. The molecule has 0 aromatic heterocycles. The van der Waals surface area contributed by atoms with Crippen LogP contribution in [-0.2, 0) is 0 Å². The molecule has 0 spiro atoms. The smallest absolute Gasteiger partial charge is 0.142 e. The van der Waals surface area contributed by atoms with Crippen LogP contribution >= 0.6 is 0 Å². The van der Waals surface area contributed by atoms with Gasteiger partial charge in [-0.05, 0) is 36.8 Å². The molecule has 2 aromatic carbocycles. The van der Waals surface area contributed by atoms with Crippen molar-refractivity contribution in [2.24, 2.45) is 0 Å². The Labute approximate surface area is 111 Å². The molecule has 2 N–H and O–H groups in total. The third-order valence-electron chi connectivity index (χ3n) is 3.16. The van der Waals surface area contributed by atoms with Crippen LogP contribution in [0, 0.1) is 5.82 Å². The zero-order chi connectivity index (χ0) is 13.2. The van der Waals surface area contributed by atoms with Crippen molar-refractivity contribution in [1.29, 1.82) is 0 Å². The van der Waals surface area contributed by atoms with E-state index in [0.717, 1.165) is 30.1 Å². The van der Waals surface area contributed by atoms with E-state index in [1.54, 1.807) is 6.07 Å². The molecule has 0 atom stereocenters. The number of benzene rings is 2. The quantitative estimate of drug-likeness (QED) is 0.797. The highest BCUT2D eigenvalue weighted by molar-refractivity contribution is 5.71. The predicted molar refractivity (Wildman–Crippen MR) is 74.4 cm³/mol. The molecule has 1 aliphatic rings. The highest BCUT2D eigenvalue weighted by atomic mass is 19.1. The Morgan fingerprint density at radius 2 is 2.00 bits per heavy atom. The summed E-state index contributed by atoms with van der Waals surface area (Å²) in [5, 5.41) is 0. The number of anilines is 3. The molecule has 0 saturated carbocycles. The van der Waals surface area contributed by atoms with Gasteiger partial charge in [0.25, 0.3) is 0 Å². The first-order valence-electron chi connectivity index (χ1n) is 6.29. The second-order valence-corrected chi connectivity index (χ2v) is 4.56. The van der Waals surface area contributed by atoms with Crippen molar-refractivity contribution in [2.45, 2.75) is 6.42 Å². The number of para-hydroxylation sites is 2. The molecule has 3 rings (SSSR count). The molecular weight excluding hydrogens is 243 g/mol. The lowest BCUT2D eigenvalue weighted by molar-refractivity contribution is 0.322. The maximum Gasteiger partial charge on any atom is 0.142 e. The summed E-state index contributed by atoms with van der Waals surface area (Å²) >= 11 is 0. The highest BCUT2D eigenvalue weighted by Gasteiger charge is 2.18. The molecule has 4 heteroatoms. The SMILES string of the molecule is Nc1cc(F)cc(N2CCCOc3ccccc32)c1. The van der Waals surface area contributed by atoms with E-state index < -0.39 is 0 Å². The van der Waals surface area contributed by atoms with Crippen LogP contribution in [0.4, 0.5) is 21.5 Å². The number of rotatable bonds is 1. The Hall–Kier alpha value is -2.23. The Balaban J connectivity index is 2.09. The van der Waals surface area contributed by atoms with Gasteiger partial charge in [-0.25, -0.2) is 4.39 Å². The molecule has 0 amide bonds. The van der Waals surface area contributed by atoms with Crippen molar-refractivity contribution in [2.75, 3.05) is 23.8 Å². The summed E-state index contributed by atoms with van der Waals surface area (Å²) in [5.74, 6) is 0.500. The summed E-state index contributed by atoms with van der Waals surface area (Å²) in [6.07, 6.45) is 0.880. The first kappa shape index (κ1) is 11.8. The number of hydrogen-bond acceptors (Lipinski definition) is 3. The summed E-state index contributed by atoms with van der Waals surface area (Å²) in [5.41, 5.74) is 7.86. The molecule has 1 aliphatic heterocycles. The van der Waals surface area contributed by atoms with E-state index in [9.17, 15) is 4.39 Å². The maximum absolute atomic E-state index is 13.5. The van der Waals surface area contributed by atoms with Gasteiger partial charge in [0.1, 0.15) is 11.6 Å². The average molecular weight is 258 g/mol. The lowest BCUT2D eigenvalue weighted by atomic mass is 10.2. The molecule has 98 valence electrons.